The van der Waals surface area contributed by atoms with E-state index in [9.17, 15) is 4.79 Å². The molecule has 0 spiro atoms. The molecule has 4 N–H and O–H groups in total. The Balaban J connectivity index is 0.00000160. The van der Waals surface area contributed by atoms with E-state index in [0.717, 1.165) is 51.2 Å². The van der Waals surface area contributed by atoms with E-state index in [1.54, 1.807) is 6.08 Å². The van der Waals surface area contributed by atoms with Crippen LogP contribution in [0.15, 0.2) is 48.5 Å². The van der Waals surface area contributed by atoms with Crippen molar-refractivity contribution in [1.82, 2.24) is 4.98 Å². The van der Waals surface area contributed by atoms with Gasteiger partial charge in [-0.1, -0.05) is 35.9 Å². The molecule has 2 aromatic carbocycles. The minimum atomic E-state index is -0.459. The summed E-state index contributed by atoms with van der Waals surface area (Å²) in [5.74, 6) is 0.276. The molecule has 1 amide bonds. The zero-order valence-electron chi connectivity index (χ0n) is 16.9. The number of benzene rings is 2. The number of hydrogen-bond acceptors (Lipinski definition) is 3. The van der Waals surface area contributed by atoms with E-state index in [4.69, 9.17) is 16.5 Å². The van der Waals surface area contributed by atoms with Crippen LogP contribution < -0.4 is 11.5 Å². The molecule has 4 rings (SSSR count). The van der Waals surface area contributed by atoms with E-state index in [1.165, 1.54) is 24.5 Å². The number of nitrogens with zero attached hydrogens (tertiary/aromatic N) is 1. The monoisotopic (exact) mass is 443 g/mol. The van der Waals surface area contributed by atoms with E-state index in [-0.39, 0.29) is 24.8 Å². The molecule has 4 nitrogen and oxygen atoms in total. The second kappa shape index (κ2) is 10.1. The zero-order valence-corrected chi connectivity index (χ0v) is 18.6. The normalized spacial score (nSPS) is 13.1. The number of amides is 1. The van der Waals surface area contributed by atoms with Crippen LogP contribution in [0.3, 0.4) is 0 Å². The first-order valence-electron chi connectivity index (χ1n) is 9.75. The molecule has 3 aromatic rings. The topological polar surface area (TPSA) is 82.0 Å². The summed E-state index contributed by atoms with van der Waals surface area (Å²) in [7, 11) is 0. The lowest BCUT2D eigenvalue weighted by Gasteiger charge is -2.17. The van der Waals surface area contributed by atoms with E-state index in [2.05, 4.69) is 37.3 Å². The van der Waals surface area contributed by atoms with Gasteiger partial charge in [-0.3, -0.25) is 9.78 Å². The fourth-order valence-corrected chi connectivity index (χ4v) is 3.69. The summed E-state index contributed by atoms with van der Waals surface area (Å²) in [5, 5.41) is 1.05. The smallest absolute Gasteiger partial charge is 0.241 e. The molecular formula is C24H27Cl2N3O. The minimum absolute atomic E-state index is 0. The lowest BCUT2D eigenvalue weighted by Crippen LogP contribution is -2.08. The summed E-state index contributed by atoms with van der Waals surface area (Å²) >= 11 is 0. The van der Waals surface area contributed by atoms with E-state index in [0.29, 0.717) is 6.54 Å². The zero-order chi connectivity index (χ0) is 19.7. The Labute approximate surface area is 189 Å². The first-order valence-corrected chi connectivity index (χ1v) is 9.75. The van der Waals surface area contributed by atoms with Gasteiger partial charge in [0.25, 0.3) is 0 Å². The highest BCUT2D eigenvalue weighted by molar-refractivity contribution is 5.98. The SMILES string of the molecule is Cc1ccc(-c2c(CN)c(CC3CC3)nc3ccc(/C=C/C(N)=O)cc23)cc1.Cl.Cl. The van der Waals surface area contributed by atoms with Gasteiger partial charge in [0.2, 0.25) is 5.91 Å². The van der Waals surface area contributed by atoms with Crippen LogP contribution in [-0.4, -0.2) is 10.9 Å². The van der Waals surface area contributed by atoms with Gasteiger partial charge in [0, 0.05) is 23.7 Å². The van der Waals surface area contributed by atoms with Crippen LogP contribution in [-0.2, 0) is 17.8 Å². The van der Waals surface area contributed by atoms with Crippen molar-refractivity contribution >= 4 is 47.7 Å². The van der Waals surface area contributed by atoms with Crippen molar-refractivity contribution in [2.24, 2.45) is 17.4 Å². The number of pyridine rings is 1. The number of aryl methyl sites for hydroxylation is 1. The summed E-state index contributed by atoms with van der Waals surface area (Å²) in [6.07, 6.45) is 6.66. The summed E-state index contributed by atoms with van der Waals surface area (Å²) in [5.41, 5.74) is 19.1. The van der Waals surface area contributed by atoms with Crippen molar-refractivity contribution in [3.8, 4) is 11.1 Å². The summed E-state index contributed by atoms with van der Waals surface area (Å²) in [4.78, 5) is 16.1. The molecule has 1 heterocycles. The van der Waals surface area contributed by atoms with Crippen LogP contribution >= 0.6 is 24.8 Å². The largest absolute Gasteiger partial charge is 0.366 e. The summed E-state index contributed by atoms with van der Waals surface area (Å²) < 4.78 is 0. The number of carbonyl (C=O) groups is 1. The van der Waals surface area contributed by atoms with Crippen molar-refractivity contribution in [3.63, 3.8) is 0 Å². The highest BCUT2D eigenvalue weighted by Crippen LogP contribution is 2.38. The van der Waals surface area contributed by atoms with Crippen molar-refractivity contribution in [2.45, 2.75) is 32.7 Å². The fourth-order valence-electron chi connectivity index (χ4n) is 3.69. The number of halogens is 2. The second-order valence-electron chi connectivity index (χ2n) is 7.64. The number of hydrogen-bond donors (Lipinski definition) is 2. The standard InChI is InChI=1S/C24H25N3O.2ClH/c1-15-2-8-18(9-3-15)24-19-12-16(7-11-23(26)28)6-10-21(19)27-22(20(24)14-25)13-17-4-5-17;;/h2-3,6-12,17H,4-5,13-14,25H2,1H3,(H2,26,28);2*1H/b11-7+;;. The Bertz CT molecular complexity index is 1070. The van der Waals surface area contributed by atoms with Crippen molar-refractivity contribution in [3.05, 3.63) is 70.9 Å². The van der Waals surface area contributed by atoms with Crippen molar-refractivity contribution < 1.29 is 4.79 Å². The van der Waals surface area contributed by atoms with Crippen LogP contribution in [0.1, 0.15) is 35.2 Å². The molecule has 1 aromatic heterocycles. The average molecular weight is 444 g/mol. The Kier molecular flexibility index (Phi) is 8.02. The van der Waals surface area contributed by atoms with Gasteiger partial charge in [0.05, 0.1) is 5.52 Å². The molecular weight excluding hydrogens is 417 g/mol. The van der Waals surface area contributed by atoms with Gasteiger partial charge in [-0.25, -0.2) is 0 Å². The Morgan fingerprint density at radius 2 is 1.83 bits per heavy atom. The van der Waals surface area contributed by atoms with E-state index >= 15 is 0 Å². The third kappa shape index (κ3) is 5.20. The van der Waals surface area contributed by atoms with E-state index in [1.807, 2.05) is 12.1 Å². The predicted molar refractivity (Wildman–Crippen MR) is 129 cm³/mol. The van der Waals surface area contributed by atoms with Crippen LogP contribution in [0.25, 0.3) is 28.1 Å². The fraction of sp³-hybridized carbons (Fsp3) is 0.250. The van der Waals surface area contributed by atoms with Gasteiger partial charge in [0.15, 0.2) is 0 Å². The molecule has 1 fully saturated rings. The number of primary amides is 1. The highest BCUT2D eigenvalue weighted by atomic mass is 35.5. The van der Waals surface area contributed by atoms with Gasteiger partial charge >= 0.3 is 0 Å². The van der Waals surface area contributed by atoms with Gasteiger partial charge < -0.3 is 11.5 Å². The number of carbonyl (C=O) groups excluding carboxylic acids is 1. The summed E-state index contributed by atoms with van der Waals surface area (Å²) in [6, 6.07) is 14.6. The molecule has 0 unspecified atom stereocenters. The molecule has 1 aliphatic carbocycles. The molecule has 158 valence electrons. The van der Waals surface area contributed by atoms with Gasteiger partial charge in [-0.2, -0.15) is 0 Å². The second-order valence-corrected chi connectivity index (χ2v) is 7.64. The van der Waals surface area contributed by atoms with Crippen LogP contribution in [0, 0.1) is 12.8 Å². The molecule has 6 heteroatoms. The molecule has 1 saturated carbocycles. The molecule has 0 aliphatic heterocycles. The van der Waals surface area contributed by atoms with Crippen LogP contribution in [0.4, 0.5) is 0 Å². The number of nitrogens with two attached hydrogens (primary N) is 2. The van der Waals surface area contributed by atoms with Crippen LogP contribution in [0.2, 0.25) is 0 Å². The number of rotatable bonds is 6. The van der Waals surface area contributed by atoms with E-state index < -0.39 is 5.91 Å². The number of aromatic nitrogens is 1. The van der Waals surface area contributed by atoms with Gasteiger partial charge in [0.1, 0.15) is 0 Å². The Morgan fingerprint density at radius 1 is 1.13 bits per heavy atom. The maximum Gasteiger partial charge on any atom is 0.241 e. The molecule has 30 heavy (non-hydrogen) atoms. The maximum atomic E-state index is 11.1. The molecule has 0 saturated heterocycles. The molecule has 0 bridgehead atoms. The molecule has 0 radical (unpaired) electrons. The molecule has 1 aliphatic rings. The average Bonchev–Trinajstić information content (AvgIpc) is 3.50. The van der Waals surface area contributed by atoms with Crippen LogP contribution in [0.5, 0.6) is 0 Å². The quantitative estimate of drug-likeness (QED) is 0.527. The van der Waals surface area contributed by atoms with Crippen molar-refractivity contribution in [1.29, 1.82) is 0 Å². The third-order valence-corrected chi connectivity index (χ3v) is 5.36. The lowest BCUT2D eigenvalue weighted by atomic mass is 9.91. The molecule has 0 atom stereocenters. The Hall–Kier alpha value is -2.40. The number of fused-ring (bicyclic) bond motifs is 1. The van der Waals surface area contributed by atoms with Crippen molar-refractivity contribution in [2.75, 3.05) is 0 Å². The first-order chi connectivity index (χ1) is 13.5. The maximum absolute atomic E-state index is 11.1. The predicted octanol–water partition coefficient (Wildman–Crippen LogP) is 4.96. The van der Waals surface area contributed by atoms with Gasteiger partial charge in [-0.15, -0.1) is 24.8 Å². The minimum Gasteiger partial charge on any atom is -0.366 e. The first kappa shape index (κ1) is 23.9. The highest BCUT2D eigenvalue weighted by Gasteiger charge is 2.25. The lowest BCUT2D eigenvalue weighted by molar-refractivity contribution is -0.113. The third-order valence-electron chi connectivity index (χ3n) is 5.36. The summed E-state index contributed by atoms with van der Waals surface area (Å²) in [6.45, 7) is 2.54. The van der Waals surface area contributed by atoms with Gasteiger partial charge in [-0.05, 0) is 72.6 Å². The Morgan fingerprint density at radius 3 is 2.43 bits per heavy atom.